The SMILES string of the molecule is CC(O)(CNC(=O)c1cc2ccccc2oc1=O)c1cc2ccccc2o1. The summed E-state index contributed by atoms with van der Waals surface area (Å²) in [6.45, 7) is 1.41. The van der Waals surface area contributed by atoms with Gasteiger partial charge in [-0.05, 0) is 31.2 Å². The maximum Gasteiger partial charge on any atom is 0.349 e. The molecule has 2 aromatic heterocycles. The van der Waals surface area contributed by atoms with Gasteiger partial charge in [0.25, 0.3) is 5.91 Å². The average Bonchev–Trinajstić information content (AvgIpc) is 3.11. The van der Waals surface area contributed by atoms with Gasteiger partial charge < -0.3 is 19.3 Å². The highest BCUT2D eigenvalue weighted by Gasteiger charge is 2.29. The smallest absolute Gasteiger partial charge is 0.349 e. The maximum atomic E-state index is 12.4. The van der Waals surface area contributed by atoms with Crippen molar-refractivity contribution >= 4 is 27.8 Å². The Kier molecular flexibility index (Phi) is 4.05. The van der Waals surface area contributed by atoms with E-state index < -0.39 is 17.1 Å². The predicted octanol–water partition coefficient (Wildman–Crippen LogP) is 3.18. The third-order valence-corrected chi connectivity index (χ3v) is 4.44. The zero-order valence-electron chi connectivity index (χ0n) is 14.6. The zero-order chi connectivity index (χ0) is 19.0. The van der Waals surface area contributed by atoms with Crippen LogP contribution >= 0.6 is 0 Å². The molecule has 1 unspecified atom stereocenters. The number of fused-ring (bicyclic) bond motifs is 2. The highest BCUT2D eigenvalue weighted by molar-refractivity contribution is 5.96. The Labute approximate surface area is 154 Å². The molecule has 27 heavy (non-hydrogen) atoms. The van der Waals surface area contributed by atoms with Crippen LogP contribution in [-0.4, -0.2) is 17.6 Å². The van der Waals surface area contributed by atoms with Crippen LogP contribution in [0.25, 0.3) is 21.9 Å². The molecule has 136 valence electrons. The van der Waals surface area contributed by atoms with E-state index in [1.165, 1.54) is 13.0 Å². The molecule has 6 nitrogen and oxygen atoms in total. The number of amides is 1. The summed E-state index contributed by atoms with van der Waals surface area (Å²) in [6, 6.07) is 17.5. The van der Waals surface area contributed by atoms with Gasteiger partial charge in [0.05, 0.1) is 6.54 Å². The summed E-state index contributed by atoms with van der Waals surface area (Å²) in [5.74, 6) is -0.291. The summed E-state index contributed by atoms with van der Waals surface area (Å²) in [6.07, 6.45) is 0. The molecule has 0 saturated carbocycles. The molecule has 6 heteroatoms. The van der Waals surface area contributed by atoms with Crippen LogP contribution in [0.5, 0.6) is 0 Å². The average molecular weight is 363 g/mol. The lowest BCUT2D eigenvalue weighted by atomic mass is 10.0. The number of furan rings is 1. The molecular weight excluding hydrogens is 346 g/mol. The Morgan fingerprint density at radius 1 is 1.00 bits per heavy atom. The molecule has 0 saturated heterocycles. The van der Waals surface area contributed by atoms with Crippen LogP contribution in [0.4, 0.5) is 0 Å². The number of carbonyl (C=O) groups excluding carboxylic acids is 1. The minimum Gasteiger partial charge on any atom is -0.458 e. The largest absolute Gasteiger partial charge is 0.458 e. The molecule has 1 amide bonds. The fraction of sp³-hybridized carbons (Fsp3) is 0.143. The summed E-state index contributed by atoms with van der Waals surface area (Å²) >= 11 is 0. The number of benzene rings is 2. The van der Waals surface area contributed by atoms with Crippen molar-refractivity contribution in [2.24, 2.45) is 0 Å². The number of hydrogen-bond donors (Lipinski definition) is 2. The second-order valence-electron chi connectivity index (χ2n) is 6.59. The molecule has 2 aromatic carbocycles. The van der Waals surface area contributed by atoms with Gasteiger partial charge in [0.2, 0.25) is 0 Å². The standard InChI is InChI=1S/C21H17NO5/c1-21(25,18-11-14-7-3-4-8-16(14)26-18)12-22-19(23)15-10-13-6-2-5-9-17(13)27-20(15)24/h2-11,25H,12H2,1H3,(H,22,23). The van der Waals surface area contributed by atoms with E-state index in [1.807, 2.05) is 18.2 Å². The summed E-state index contributed by atoms with van der Waals surface area (Å²) in [5, 5.41) is 14.8. The topological polar surface area (TPSA) is 92.7 Å². The van der Waals surface area contributed by atoms with E-state index in [4.69, 9.17) is 8.83 Å². The van der Waals surface area contributed by atoms with Crippen molar-refractivity contribution < 1.29 is 18.7 Å². The lowest BCUT2D eigenvalue weighted by Gasteiger charge is -2.21. The van der Waals surface area contributed by atoms with Gasteiger partial charge >= 0.3 is 5.63 Å². The highest BCUT2D eigenvalue weighted by atomic mass is 16.4. The fourth-order valence-corrected chi connectivity index (χ4v) is 2.90. The minimum atomic E-state index is -1.44. The maximum absolute atomic E-state index is 12.4. The first-order valence-electron chi connectivity index (χ1n) is 8.46. The normalized spacial score (nSPS) is 13.6. The fourth-order valence-electron chi connectivity index (χ4n) is 2.90. The summed E-state index contributed by atoms with van der Waals surface area (Å²) < 4.78 is 10.8. The van der Waals surface area contributed by atoms with Gasteiger partial charge in [-0.25, -0.2) is 4.79 Å². The van der Waals surface area contributed by atoms with Gasteiger partial charge in [-0.2, -0.15) is 0 Å². The van der Waals surface area contributed by atoms with Crippen LogP contribution in [0.3, 0.4) is 0 Å². The van der Waals surface area contributed by atoms with Crippen molar-refractivity contribution in [3.63, 3.8) is 0 Å². The van der Waals surface area contributed by atoms with Crippen molar-refractivity contribution in [3.05, 3.63) is 82.4 Å². The van der Waals surface area contributed by atoms with Crippen LogP contribution < -0.4 is 10.9 Å². The Morgan fingerprint density at radius 2 is 1.59 bits per heavy atom. The molecule has 0 fully saturated rings. The first-order valence-corrected chi connectivity index (χ1v) is 8.46. The van der Waals surface area contributed by atoms with Gasteiger partial charge in [-0.3, -0.25) is 4.79 Å². The van der Waals surface area contributed by atoms with Crippen molar-refractivity contribution in [2.45, 2.75) is 12.5 Å². The molecule has 0 bridgehead atoms. The molecule has 2 N–H and O–H groups in total. The van der Waals surface area contributed by atoms with E-state index in [2.05, 4.69) is 5.32 Å². The molecule has 0 aliphatic rings. The zero-order valence-corrected chi connectivity index (χ0v) is 14.6. The van der Waals surface area contributed by atoms with Crippen LogP contribution in [-0.2, 0) is 5.60 Å². The van der Waals surface area contributed by atoms with E-state index in [0.717, 1.165) is 5.39 Å². The summed E-state index contributed by atoms with van der Waals surface area (Å²) in [7, 11) is 0. The second-order valence-corrected chi connectivity index (χ2v) is 6.59. The quantitative estimate of drug-likeness (QED) is 0.543. The molecule has 1 atom stereocenters. The Hall–Kier alpha value is -3.38. The van der Waals surface area contributed by atoms with Gasteiger partial charge in [-0.1, -0.05) is 36.4 Å². The van der Waals surface area contributed by atoms with Gasteiger partial charge in [0.15, 0.2) is 0 Å². The number of rotatable bonds is 4. The third kappa shape index (κ3) is 3.22. The van der Waals surface area contributed by atoms with E-state index in [0.29, 0.717) is 22.3 Å². The highest BCUT2D eigenvalue weighted by Crippen LogP contribution is 2.27. The number of para-hydroxylation sites is 2. The van der Waals surface area contributed by atoms with Crippen LogP contribution in [0.2, 0.25) is 0 Å². The van der Waals surface area contributed by atoms with E-state index in [9.17, 15) is 14.7 Å². The van der Waals surface area contributed by atoms with E-state index in [-0.39, 0.29) is 12.1 Å². The molecule has 0 spiro atoms. The first kappa shape index (κ1) is 17.1. The first-order chi connectivity index (χ1) is 12.9. The van der Waals surface area contributed by atoms with Crippen molar-refractivity contribution in [2.75, 3.05) is 6.54 Å². The minimum absolute atomic E-state index is 0.117. The molecule has 4 rings (SSSR count). The van der Waals surface area contributed by atoms with E-state index in [1.54, 1.807) is 36.4 Å². The molecule has 0 radical (unpaired) electrons. The Bertz CT molecular complexity index is 1170. The third-order valence-electron chi connectivity index (χ3n) is 4.44. The Balaban J connectivity index is 1.56. The van der Waals surface area contributed by atoms with Crippen LogP contribution in [0, 0.1) is 0 Å². The van der Waals surface area contributed by atoms with Gasteiger partial charge in [0.1, 0.15) is 28.1 Å². The van der Waals surface area contributed by atoms with Crippen molar-refractivity contribution in [3.8, 4) is 0 Å². The Morgan fingerprint density at radius 3 is 2.26 bits per heavy atom. The summed E-state index contributed by atoms with van der Waals surface area (Å²) in [4.78, 5) is 24.5. The van der Waals surface area contributed by atoms with Gasteiger partial charge in [0, 0.05) is 10.8 Å². The molecular formula is C21H17NO5. The monoisotopic (exact) mass is 363 g/mol. The number of nitrogens with one attached hydrogen (secondary N) is 1. The number of aliphatic hydroxyl groups is 1. The molecule has 0 aliphatic carbocycles. The van der Waals surface area contributed by atoms with Crippen LogP contribution in [0.15, 0.2) is 74.3 Å². The predicted molar refractivity (Wildman–Crippen MR) is 101 cm³/mol. The summed E-state index contributed by atoms with van der Waals surface area (Å²) in [5.41, 5.74) is -1.22. The van der Waals surface area contributed by atoms with E-state index >= 15 is 0 Å². The lowest BCUT2D eigenvalue weighted by molar-refractivity contribution is 0.0344. The molecule has 2 heterocycles. The molecule has 4 aromatic rings. The number of carbonyl (C=O) groups is 1. The lowest BCUT2D eigenvalue weighted by Crippen LogP contribution is -2.39. The molecule has 0 aliphatic heterocycles. The second kappa shape index (κ2) is 6.41. The van der Waals surface area contributed by atoms with Gasteiger partial charge in [-0.15, -0.1) is 0 Å². The van der Waals surface area contributed by atoms with Crippen molar-refractivity contribution in [1.29, 1.82) is 0 Å². The van der Waals surface area contributed by atoms with Crippen LogP contribution in [0.1, 0.15) is 23.0 Å². The number of hydrogen-bond acceptors (Lipinski definition) is 5. The van der Waals surface area contributed by atoms with Crippen molar-refractivity contribution in [1.82, 2.24) is 5.32 Å².